The molecule has 0 bridgehead atoms. The van der Waals surface area contributed by atoms with Gasteiger partial charge in [0.15, 0.2) is 5.69 Å². The third-order valence-corrected chi connectivity index (χ3v) is 4.02. The molecule has 3 aromatic rings. The molecule has 1 aromatic heterocycles. The van der Waals surface area contributed by atoms with Gasteiger partial charge in [0.05, 0.1) is 16.7 Å². The summed E-state index contributed by atoms with van der Waals surface area (Å²) in [5, 5.41) is 11.2. The Labute approximate surface area is 153 Å². The van der Waals surface area contributed by atoms with Crippen LogP contribution < -0.4 is 4.74 Å². The summed E-state index contributed by atoms with van der Waals surface area (Å²) in [4.78, 5) is 12.0. The predicted molar refractivity (Wildman–Crippen MR) is 94.3 cm³/mol. The number of aromatic amines is 1. The second-order valence-electron chi connectivity index (χ2n) is 4.92. The molecule has 0 amide bonds. The lowest BCUT2D eigenvalue weighted by Gasteiger charge is -2.11. The van der Waals surface area contributed by atoms with E-state index in [2.05, 4.69) is 15.4 Å². The Hall–Kier alpha value is -2.57. The quantitative estimate of drug-likeness (QED) is 0.649. The van der Waals surface area contributed by atoms with E-state index in [0.29, 0.717) is 32.8 Å². The number of para-hydroxylation sites is 1. The van der Waals surface area contributed by atoms with Gasteiger partial charge in [-0.2, -0.15) is 10.3 Å². The highest BCUT2D eigenvalue weighted by Gasteiger charge is 2.21. The van der Waals surface area contributed by atoms with Crippen LogP contribution in [0, 0.1) is 0 Å². The van der Waals surface area contributed by atoms with Crippen molar-refractivity contribution in [3.05, 3.63) is 58.2 Å². The summed E-state index contributed by atoms with van der Waals surface area (Å²) in [6.45, 7) is 1.96. The number of hydrogen-bond acceptors (Lipinski definition) is 5. The smallest absolute Gasteiger partial charge is 0.361 e. The number of benzene rings is 2. The number of H-pyrrole nitrogens is 1. The van der Waals surface area contributed by atoms with E-state index in [1.807, 2.05) is 0 Å². The standard InChI is InChI=1S/C17H13Cl2N3O3/c1-2-24-17(23)16-15(20-22-21-16)11-5-3-4-6-14(11)25-10-7-8-12(18)13(19)9-10/h3-9H,2H2,1H3,(H,20,21,22). The Morgan fingerprint density at radius 2 is 1.92 bits per heavy atom. The minimum absolute atomic E-state index is 0.0899. The van der Waals surface area contributed by atoms with Gasteiger partial charge in [-0.05, 0) is 31.2 Å². The van der Waals surface area contributed by atoms with E-state index < -0.39 is 5.97 Å². The fraction of sp³-hybridized carbons (Fsp3) is 0.118. The summed E-state index contributed by atoms with van der Waals surface area (Å²) in [5.74, 6) is 0.430. The minimum atomic E-state index is -0.560. The first-order chi connectivity index (χ1) is 12.1. The van der Waals surface area contributed by atoms with Crippen molar-refractivity contribution in [3.63, 3.8) is 0 Å². The number of halogens is 2. The van der Waals surface area contributed by atoms with Crippen LogP contribution in [0.5, 0.6) is 11.5 Å². The largest absolute Gasteiger partial charge is 0.461 e. The summed E-state index contributed by atoms with van der Waals surface area (Å²) < 4.78 is 10.9. The van der Waals surface area contributed by atoms with Gasteiger partial charge in [-0.25, -0.2) is 4.79 Å². The SMILES string of the molecule is CCOC(=O)c1n[nH]nc1-c1ccccc1Oc1ccc(Cl)c(Cl)c1. The molecule has 0 aliphatic rings. The van der Waals surface area contributed by atoms with Crippen LogP contribution in [0.1, 0.15) is 17.4 Å². The predicted octanol–water partition coefficient (Wildman–Crippen LogP) is 4.75. The highest BCUT2D eigenvalue weighted by molar-refractivity contribution is 6.42. The van der Waals surface area contributed by atoms with Crippen LogP contribution in [0.25, 0.3) is 11.3 Å². The third-order valence-electron chi connectivity index (χ3n) is 3.28. The zero-order valence-electron chi connectivity index (χ0n) is 13.1. The zero-order chi connectivity index (χ0) is 17.8. The highest BCUT2D eigenvalue weighted by atomic mass is 35.5. The van der Waals surface area contributed by atoms with E-state index in [0.717, 1.165) is 0 Å². The second kappa shape index (κ2) is 7.55. The van der Waals surface area contributed by atoms with Crippen molar-refractivity contribution in [3.8, 4) is 22.8 Å². The number of aromatic nitrogens is 3. The van der Waals surface area contributed by atoms with Crippen molar-refractivity contribution in [1.29, 1.82) is 0 Å². The molecule has 0 fully saturated rings. The third kappa shape index (κ3) is 3.75. The Morgan fingerprint density at radius 3 is 2.68 bits per heavy atom. The van der Waals surface area contributed by atoms with E-state index in [4.69, 9.17) is 32.7 Å². The first-order valence-electron chi connectivity index (χ1n) is 7.40. The summed E-state index contributed by atoms with van der Waals surface area (Å²) in [6.07, 6.45) is 0. The Balaban J connectivity index is 1.98. The highest BCUT2D eigenvalue weighted by Crippen LogP contribution is 2.35. The van der Waals surface area contributed by atoms with Crippen molar-refractivity contribution >= 4 is 29.2 Å². The number of ether oxygens (including phenoxy) is 2. The summed E-state index contributed by atoms with van der Waals surface area (Å²) in [7, 11) is 0. The van der Waals surface area contributed by atoms with Gasteiger partial charge in [-0.1, -0.05) is 35.3 Å². The van der Waals surface area contributed by atoms with Crippen LogP contribution in [0.3, 0.4) is 0 Å². The van der Waals surface area contributed by atoms with E-state index in [9.17, 15) is 4.79 Å². The number of esters is 1. The van der Waals surface area contributed by atoms with Crippen molar-refractivity contribution in [2.75, 3.05) is 6.61 Å². The molecule has 0 saturated heterocycles. The minimum Gasteiger partial charge on any atom is -0.461 e. The van der Waals surface area contributed by atoms with Crippen molar-refractivity contribution in [2.24, 2.45) is 0 Å². The molecular formula is C17H13Cl2N3O3. The van der Waals surface area contributed by atoms with E-state index in [1.165, 1.54) is 0 Å². The molecule has 8 heteroatoms. The molecule has 0 unspecified atom stereocenters. The molecule has 6 nitrogen and oxygen atoms in total. The first kappa shape index (κ1) is 17.3. The maximum Gasteiger partial charge on any atom is 0.361 e. The molecule has 0 saturated carbocycles. The normalized spacial score (nSPS) is 10.5. The average Bonchev–Trinajstić information content (AvgIpc) is 3.08. The van der Waals surface area contributed by atoms with Crippen molar-refractivity contribution in [1.82, 2.24) is 15.4 Å². The molecule has 1 N–H and O–H groups in total. The van der Waals surface area contributed by atoms with Crippen LogP contribution >= 0.6 is 23.2 Å². The van der Waals surface area contributed by atoms with Gasteiger partial charge in [-0.15, -0.1) is 5.10 Å². The van der Waals surface area contributed by atoms with Crippen LogP contribution in [0.15, 0.2) is 42.5 Å². The topological polar surface area (TPSA) is 77.1 Å². The van der Waals surface area contributed by atoms with Crippen LogP contribution in [-0.4, -0.2) is 28.0 Å². The van der Waals surface area contributed by atoms with E-state index in [-0.39, 0.29) is 12.3 Å². The fourth-order valence-electron chi connectivity index (χ4n) is 2.18. The molecule has 0 spiro atoms. The van der Waals surface area contributed by atoms with Gasteiger partial charge in [0, 0.05) is 11.6 Å². The summed E-state index contributed by atoms with van der Waals surface area (Å²) in [6, 6.07) is 12.1. The molecular weight excluding hydrogens is 365 g/mol. The summed E-state index contributed by atoms with van der Waals surface area (Å²) in [5.41, 5.74) is 1.02. The first-order valence-corrected chi connectivity index (χ1v) is 8.16. The number of nitrogens with one attached hydrogen (secondary N) is 1. The number of carbonyl (C=O) groups is 1. The molecule has 0 radical (unpaired) electrons. The number of hydrogen-bond donors (Lipinski definition) is 1. The van der Waals surface area contributed by atoms with E-state index >= 15 is 0 Å². The maximum absolute atomic E-state index is 12.0. The van der Waals surface area contributed by atoms with Gasteiger partial charge >= 0.3 is 5.97 Å². The van der Waals surface area contributed by atoms with Gasteiger partial charge in [0.25, 0.3) is 0 Å². The second-order valence-corrected chi connectivity index (χ2v) is 5.73. The number of carbonyl (C=O) groups excluding carboxylic acids is 1. The van der Waals surface area contributed by atoms with Crippen molar-refractivity contribution < 1.29 is 14.3 Å². The van der Waals surface area contributed by atoms with Crippen LogP contribution in [-0.2, 0) is 4.74 Å². The number of nitrogens with zero attached hydrogens (tertiary/aromatic N) is 2. The molecule has 3 rings (SSSR count). The number of rotatable bonds is 5. The molecule has 2 aromatic carbocycles. The lowest BCUT2D eigenvalue weighted by atomic mass is 10.1. The summed E-state index contributed by atoms with van der Waals surface area (Å²) >= 11 is 11.9. The Bertz CT molecular complexity index is 912. The average molecular weight is 378 g/mol. The van der Waals surface area contributed by atoms with Crippen LogP contribution in [0.2, 0.25) is 10.0 Å². The van der Waals surface area contributed by atoms with Gasteiger partial charge in [0.2, 0.25) is 0 Å². The van der Waals surface area contributed by atoms with E-state index in [1.54, 1.807) is 49.4 Å². The molecule has 0 atom stereocenters. The Kier molecular flexibility index (Phi) is 5.21. The molecule has 128 valence electrons. The molecule has 0 aliphatic carbocycles. The zero-order valence-corrected chi connectivity index (χ0v) is 14.6. The van der Waals surface area contributed by atoms with Gasteiger partial charge in [0.1, 0.15) is 17.2 Å². The van der Waals surface area contributed by atoms with Gasteiger partial charge < -0.3 is 9.47 Å². The van der Waals surface area contributed by atoms with Crippen molar-refractivity contribution in [2.45, 2.75) is 6.92 Å². The lowest BCUT2D eigenvalue weighted by molar-refractivity contribution is 0.0520. The monoisotopic (exact) mass is 377 g/mol. The molecule has 0 aliphatic heterocycles. The lowest BCUT2D eigenvalue weighted by Crippen LogP contribution is -2.07. The van der Waals surface area contributed by atoms with Gasteiger partial charge in [-0.3, -0.25) is 0 Å². The fourth-order valence-corrected chi connectivity index (χ4v) is 2.47. The maximum atomic E-state index is 12.0. The molecule has 1 heterocycles. The van der Waals surface area contributed by atoms with Crippen LogP contribution in [0.4, 0.5) is 0 Å². The molecule has 25 heavy (non-hydrogen) atoms. The Morgan fingerprint density at radius 1 is 1.12 bits per heavy atom.